The summed E-state index contributed by atoms with van der Waals surface area (Å²) in [4.78, 5) is 22.1. The number of rotatable bonds is 11. The molecule has 1 amide bonds. The van der Waals surface area contributed by atoms with Crippen molar-refractivity contribution in [2.24, 2.45) is 0 Å². The Balaban J connectivity index is 1.15. The van der Waals surface area contributed by atoms with Crippen LogP contribution in [0.15, 0.2) is 60.9 Å². The third-order valence-corrected chi connectivity index (χ3v) is 9.42. The molecule has 0 saturated carbocycles. The number of piperazine rings is 2. The molecule has 1 unspecified atom stereocenters. The Bertz CT molecular complexity index is 1680. The molecule has 2 aromatic heterocycles. The zero-order valence-corrected chi connectivity index (χ0v) is 27.8. The number of hydrogen-bond acceptors (Lipinski definition) is 7. The highest BCUT2D eigenvalue weighted by Gasteiger charge is 2.31. The quantitative estimate of drug-likeness (QED) is 0.183. The Labute approximate surface area is 287 Å². The van der Waals surface area contributed by atoms with E-state index in [-0.39, 0.29) is 17.7 Å². The number of pyridine rings is 1. The van der Waals surface area contributed by atoms with E-state index in [2.05, 4.69) is 36.6 Å². The van der Waals surface area contributed by atoms with Gasteiger partial charge in [0, 0.05) is 111 Å². The van der Waals surface area contributed by atoms with E-state index in [1.165, 1.54) is 12.1 Å². The number of aromatic nitrogens is 2. The van der Waals surface area contributed by atoms with Crippen molar-refractivity contribution in [3.63, 3.8) is 0 Å². The van der Waals surface area contributed by atoms with Gasteiger partial charge in [0.05, 0.1) is 6.04 Å². The zero-order valence-electron chi connectivity index (χ0n) is 26.3. The summed E-state index contributed by atoms with van der Waals surface area (Å²) in [5.41, 5.74) is 4.38. The Kier molecular flexibility index (Phi) is 11.1. The Morgan fingerprint density at radius 1 is 1.00 bits per heavy atom. The summed E-state index contributed by atoms with van der Waals surface area (Å²) in [5.74, 6) is -0.305. The molecule has 0 radical (unpaired) electrons. The van der Waals surface area contributed by atoms with E-state index in [1.54, 1.807) is 12.1 Å². The van der Waals surface area contributed by atoms with Crippen LogP contribution in [0.3, 0.4) is 0 Å². The molecule has 3 N–H and O–H groups in total. The van der Waals surface area contributed by atoms with Gasteiger partial charge >= 0.3 is 6.36 Å². The lowest BCUT2D eigenvalue weighted by atomic mass is 10.0. The molecule has 2 saturated heterocycles. The van der Waals surface area contributed by atoms with Crippen molar-refractivity contribution >= 4 is 40.1 Å². The molecule has 4 heterocycles. The molecule has 256 valence electrons. The van der Waals surface area contributed by atoms with E-state index in [1.807, 2.05) is 35.2 Å². The summed E-state index contributed by atoms with van der Waals surface area (Å²) in [6.07, 6.45) is -0.209. The topological polar surface area (TPSA) is 86.7 Å². The smallest absolute Gasteiger partial charge is 0.406 e. The fourth-order valence-electron chi connectivity index (χ4n) is 6.23. The van der Waals surface area contributed by atoms with Crippen LogP contribution in [0.1, 0.15) is 17.5 Å². The number of aryl methyl sites for hydroxylation is 1. The number of carbonyl (C=O) groups excluding carboxylic acids is 1. The zero-order chi connectivity index (χ0) is 33.7. The maximum Gasteiger partial charge on any atom is 0.573 e. The minimum Gasteiger partial charge on any atom is -0.406 e. The average molecular weight is 705 g/mol. The number of fused-ring (bicyclic) bond motifs is 1. The molecular formula is C34H38Cl2F3N7O2. The monoisotopic (exact) mass is 703 g/mol. The van der Waals surface area contributed by atoms with Crippen LogP contribution < -0.4 is 20.7 Å². The highest BCUT2D eigenvalue weighted by atomic mass is 35.5. The van der Waals surface area contributed by atoms with Crippen molar-refractivity contribution in [1.29, 1.82) is 0 Å². The third kappa shape index (κ3) is 8.79. The van der Waals surface area contributed by atoms with Crippen molar-refractivity contribution in [3.05, 3.63) is 82.1 Å². The number of alkyl halides is 3. The second kappa shape index (κ2) is 15.4. The van der Waals surface area contributed by atoms with Crippen molar-refractivity contribution in [2.75, 3.05) is 52.4 Å². The van der Waals surface area contributed by atoms with E-state index >= 15 is 0 Å². The van der Waals surface area contributed by atoms with Crippen LogP contribution >= 0.6 is 23.2 Å². The standard InChI is InChI=1S/C34H38Cl2F3N7O2/c35-29-3-1-4-30(36)28(29)21-45-15-13-44(14-16-45)20-23-17-26-27(24-5-7-25(8-6-24)48-34(37,38)39)22-46(32(26)43-18-23)12-2-9-42-33(47)31-19-40-10-11-41-31/h1,3-8,17-18,22,31,40-41H,2,9-16,19-21H2,(H,42,47). The predicted molar refractivity (Wildman–Crippen MR) is 181 cm³/mol. The van der Waals surface area contributed by atoms with Gasteiger partial charge in [-0.15, -0.1) is 13.2 Å². The average Bonchev–Trinajstić information content (AvgIpc) is 3.43. The van der Waals surface area contributed by atoms with Crippen molar-refractivity contribution < 1.29 is 22.7 Å². The lowest BCUT2D eigenvalue weighted by Gasteiger charge is -2.35. The van der Waals surface area contributed by atoms with Crippen molar-refractivity contribution in [1.82, 2.24) is 35.3 Å². The summed E-state index contributed by atoms with van der Waals surface area (Å²) in [7, 11) is 0. The fourth-order valence-corrected chi connectivity index (χ4v) is 6.75. The highest BCUT2D eigenvalue weighted by molar-refractivity contribution is 6.35. The maximum absolute atomic E-state index is 12.8. The summed E-state index contributed by atoms with van der Waals surface area (Å²) < 4.78 is 44.5. The highest BCUT2D eigenvalue weighted by Crippen LogP contribution is 2.33. The summed E-state index contributed by atoms with van der Waals surface area (Å²) in [6, 6.07) is 13.3. The minimum absolute atomic E-state index is 0.0299. The lowest BCUT2D eigenvalue weighted by molar-refractivity contribution is -0.274. The number of hydrogen-bond donors (Lipinski definition) is 3. The molecule has 0 spiro atoms. The molecule has 2 aliphatic rings. The van der Waals surface area contributed by atoms with Gasteiger partial charge in [-0.05, 0) is 47.9 Å². The van der Waals surface area contributed by atoms with Gasteiger partial charge in [-0.3, -0.25) is 14.6 Å². The number of amides is 1. The minimum atomic E-state index is -4.76. The van der Waals surface area contributed by atoms with E-state index < -0.39 is 6.36 Å². The first kappa shape index (κ1) is 34.5. The third-order valence-electron chi connectivity index (χ3n) is 8.72. The van der Waals surface area contributed by atoms with E-state index in [4.69, 9.17) is 28.2 Å². The molecular weight excluding hydrogens is 666 g/mol. The molecule has 0 aliphatic carbocycles. The van der Waals surface area contributed by atoms with Gasteiger partial charge in [0.1, 0.15) is 11.4 Å². The normalized spacial score (nSPS) is 17.9. The summed E-state index contributed by atoms with van der Waals surface area (Å²) in [5, 5.41) is 11.7. The molecule has 2 aromatic carbocycles. The lowest BCUT2D eigenvalue weighted by Crippen LogP contribution is -2.55. The Morgan fingerprint density at radius 2 is 1.71 bits per heavy atom. The van der Waals surface area contributed by atoms with Crippen LogP contribution in [0.2, 0.25) is 10.0 Å². The van der Waals surface area contributed by atoms with Crippen LogP contribution in [0, 0.1) is 0 Å². The molecule has 0 bridgehead atoms. The van der Waals surface area contributed by atoms with Crippen molar-refractivity contribution in [2.45, 2.75) is 38.5 Å². The second-order valence-corrected chi connectivity index (χ2v) is 12.9. The number of ether oxygens (including phenoxy) is 1. The number of nitrogens with zero attached hydrogens (tertiary/aromatic N) is 4. The van der Waals surface area contributed by atoms with Crippen molar-refractivity contribution in [3.8, 4) is 16.9 Å². The van der Waals surface area contributed by atoms with Gasteiger partial charge < -0.3 is 25.3 Å². The summed E-state index contributed by atoms with van der Waals surface area (Å²) in [6.45, 7) is 8.19. The first-order valence-corrected chi connectivity index (χ1v) is 16.8. The Morgan fingerprint density at radius 3 is 2.38 bits per heavy atom. The molecule has 48 heavy (non-hydrogen) atoms. The van der Waals surface area contributed by atoms with Gasteiger partial charge in [-0.2, -0.15) is 0 Å². The van der Waals surface area contributed by atoms with E-state index in [0.717, 1.165) is 72.6 Å². The number of benzene rings is 2. The molecule has 2 aliphatic heterocycles. The van der Waals surface area contributed by atoms with E-state index in [9.17, 15) is 18.0 Å². The molecule has 4 aromatic rings. The molecule has 14 heteroatoms. The largest absolute Gasteiger partial charge is 0.573 e. The Hall–Kier alpha value is -3.39. The van der Waals surface area contributed by atoms with Crippen LogP contribution in [-0.2, 0) is 24.4 Å². The van der Waals surface area contributed by atoms with Gasteiger partial charge in [0.25, 0.3) is 0 Å². The first-order valence-electron chi connectivity index (χ1n) is 16.1. The molecule has 9 nitrogen and oxygen atoms in total. The number of carbonyl (C=O) groups is 1. The van der Waals surface area contributed by atoms with Gasteiger partial charge in [-0.1, -0.05) is 41.4 Å². The SMILES string of the molecule is O=C(NCCCn1cc(-c2ccc(OC(F)(F)F)cc2)c2cc(CN3CCN(Cc4c(Cl)cccc4Cl)CC3)cnc21)C1CNCCN1. The second-order valence-electron chi connectivity index (χ2n) is 12.1. The van der Waals surface area contributed by atoms with Gasteiger partial charge in [0.2, 0.25) is 5.91 Å². The predicted octanol–water partition coefficient (Wildman–Crippen LogP) is 5.29. The number of nitrogens with one attached hydrogen (secondary N) is 3. The van der Waals surface area contributed by atoms with Crippen LogP contribution in [0.25, 0.3) is 22.2 Å². The molecule has 1 atom stereocenters. The van der Waals surface area contributed by atoms with Gasteiger partial charge in [-0.25, -0.2) is 4.98 Å². The van der Waals surface area contributed by atoms with Crippen LogP contribution in [0.5, 0.6) is 5.75 Å². The van der Waals surface area contributed by atoms with Crippen LogP contribution in [-0.4, -0.2) is 90.0 Å². The number of halogens is 5. The fraction of sp³-hybridized carbons (Fsp3) is 0.412. The maximum atomic E-state index is 12.8. The van der Waals surface area contributed by atoms with Gasteiger partial charge in [0.15, 0.2) is 0 Å². The molecule has 2 fully saturated rings. The van der Waals surface area contributed by atoms with E-state index in [0.29, 0.717) is 49.2 Å². The first-order chi connectivity index (χ1) is 23.1. The molecule has 6 rings (SSSR count). The summed E-state index contributed by atoms with van der Waals surface area (Å²) >= 11 is 12.8. The van der Waals surface area contributed by atoms with Crippen LogP contribution in [0.4, 0.5) is 13.2 Å².